The predicted molar refractivity (Wildman–Crippen MR) is 147 cm³/mol. The number of unbranched alkanes of at least 4 members (excludes halogenated alkanes) is 1. The van der Waals surface area contributed by atoms with Crippen LogP contribution in [0.15, 0.2) is 77.3 Å². The number of carbonyl (C=O) groups is 2. The zero-order chi connectivity index (χ0) is 25.2. The van der Waals surface area contributed by atoms with E-state index in [0.29, 0.717) is 40.2 Å². The summed E-state index contributed by atoms with van der Waals surface area (Å²) < 4.78 is 6.42. The summed E-state index contributed by atoms with van der Waals surface area (Å²) in [4.78, 5) is 27.3. The molecule has 2 amide bonds. The molecule has 0 spiro atoms. The summed E-state index contributed by atoms with van der Waals surface area (Å²) in [7, 11) is 1.71. The van der Waals surface area contributed by atoms with E-state index >= 15 is 0 Å². The van der Waals surface area contributed by atoms with E-state index in [2.05, 4.69) is 33.5 Å². The van der Waals surface area contributed by atoms with Crippen molar-refractivity contribution in [1.29, 1.82) is 0 Å². The maximum atomic E-state index is 12.9. The average Bonchev–Trinajstić information content (AvgIpc) is 2.88. The van der Waals surface area contributed by atoms with Gasteiger partial charge in [0.25, 0.3) is 11.8 Å². The minimum Gasteiger partial charge on any atom is -0.492 e. The molecule has 0 radical (unpaired) electrons. The van der Waals surface area contributed by atoms with Crippen molar-refractivity contribution in [1.82, 2.24) is 10.6 Å². The molecule has 0 aliphatic rings. The van der Waals surface area contributed by atoms with Gasteiger partial charge in [0.05, 0.1) is 22.3 Å². The molecule has 0 aliphatic carbocycles. The predicted octanol–water partition coefficient (Wildman–Crippen LogP) is 5.71. The van der Waals surface area contributed by atoms with Crippen molar-refractivity contribution in [3.8, 4) is 5.75 Å². The molecule has 0 saturated carbocycles. The number of hydrogen-bond acceptors (Lipinski definition) is 4. The molecule has 3 rings (SSSR count). The van der Waals surface area contributed by atoms with E-state index in [4.69, 9.17) is 17.0 Å². The Labute approximate surface area is 219 Å². The van der Waals surface area contributed by atoms with E-state index in [9.17, 15) is 9.59 Å². The Morgan fingerprint density at radius 3 is 2.43 bits per heavy atom. The Kier molecular flexibility index (Phi) is 9.81. The molecule has 2 N–H and O–H groups in total. The molecule has 8 heteroatoms. The highest BCUT2D eigenvalue weighted by molar-refractivity contribution is 9.10. The van der Waals surface area contributed by atoms with E-state index in [1.54, 1.807) is 48.3 Å². The van der Waals surface area contributed by atoms with Crippen molar-refractivity contribution in [2.75, 3.05) is 18.6 Å². The number of para-hydroxylation sites is 1. The molecular formula is C27H28BrN3O3S. The van der Waals surface area contributed by atoms with Crippen LogP contribution in [0.1, 0.15) is 46.0 Å². The number of ether oxygens (including phenoxy) is 1. The Bertz CT molecular complexity index is 1190. The second-order valence-corrected chi connectivity index (χ2v) is 9.09. The van der Waals surface area contributed by atoms with Gasteiger partial charge in [-0.2, -0.15) is 0 Å². The minimum absolute atomic E-state index is 0.178. The van der Waals surface area contributed by atoms with Crippen LogP contribution in [0.3, 0.4) is 0 Å². The van der Waals surface area contributed by atoms with Crippen LogP contribution in [-0.2, 0) is 6.54 Å². The van der Waals surface area contributed by atoms with Crippen LogP contribution >= 0.6 is 28.1 Å². The monoisotopic (exact) mass is 553 g/mol. The smallest absolute Gasteiger partial charge is 0.257 e. The number of halogens is 1. The minimum atomic E-state index is -0.353. The van der Waals surface area contributed by atoms with Crippen molar-refractivity contribution in [2.24, 2.45) is 0 Å². The van der Waals surface area contributed by atoms with Gasteiger partial charge in [-0.1, -0.05) is 55.8 Å². The SMILES string of the molecule is CCCCOc1ccc(C(=O)NC(=S)N(C)c2ccccc2C(=O)NCc2ccccc2)cc1Br. The van der Waals surface area contributed by atoms with Crippen molar-refractivity contribution in [3.05, 3.63) is 94.0 Å². The second kappa shape index (κ2) is 13.0. The molecule has 0 aliphatic heterocycles. The molecule has 0 fully saturated rings. The van der Waals surface area contributed by atoms with Crippen LogP contribution < -0.4 is 20.3 Å². The molecule has 182 valence electrons. The molecule has 35 heavy (non-hydrogen) atoms. The third-order valence-corrected chi connectivity index (χ3v) is 6.28. The van der Waals surface area contributed by atoms with Crippen molar-refractivity contribution in [2.45, 2.75) is 26.3 Å². The topological polar surface area (TPSA) is 70.7 Å². The Hall–Kier alpha value is -3.23. The highest BCUT2D eigenvalue weighted by Gasteiger charge is 2.19. The summed E-state index contributed by atoms with van der Waals surface area (Å²) in [6, 6.07) is 21.9. The first-order chi connectivity index (χ1) is 16.9. The summed E-state index contributed by atoms with van der Waals surface area (Å²) in [5.41, 5.74) is 2.48. The fourth-order valence-electron chi connectivity index (χ4n) is 3.28. The molecular weight excluding hydrogens is 526 g/mol. The van der Waals surface area contributed by atoms with Gasteiger partial charge in [-0.25, -0.2) is 0 Å². The van der Waals surface area contributed by atoms with Crippen molar-refractivity contribution >= 4 is 50.8 Å². The molecule has 0 saturated heterocycles. The summed E-state index contributed by atoms with van der Waals surface area (Å²) in [5, 5.41) is 5.85. The summed E-state index contributed by atoms with van der Waals surface area (Å²) in [5.74, 6) is 0.104. The van der Waals surface area contributed by atoms with Gasteiger partial charge in [0, 0.05) is 19.2 Å². The molecule has 3 aromatic carbocycles. The summed E-state index contributed by atoms with van der Waals surface area (Å²) in [6.07, 6.45) is 2.00. The van der Waals surface area contributed by atoms with Gasteiger partial charge in [-0.3, -0.25) is 14.9 Å². The van der Waals surface area contributed by atoms with E-state index in [0.717, 1.165) is 18.4 Å². The maximum absolute atomic E-state index is 12.9. The third-order valence-electron chi connectivity index (χ3n) is 5.28. The van der Waals surface area contributed by atoms with Gasteiger partial charge in [0.2, 0.25) is 0 Å². The molecule has 0 atom stereocenters. The number of carbonyl (C=O) groups excluding carboxylic acids is 2. The van der Waals surface area contributed by atoms with E-state index < -0.39 is 0 Å². The van der Waals surface area contributed by atoms with Crippen LogP contribution in [0.2, 0.25) is 0 Å². The molecule has 0 bridgehead atoms. The molecule has 0 unspecified atom stereocenters. The van der Waals surface area contributed by atoms with E-state index in [1.807, 2.05) is 36.4 Å². The fourth-order valence-corrected chi connectivity index (χ4v) is 3.96. The standard InChI is InChI=1S/C27H28BrN3O3S/c1-3-4-16-34-24-15-14-20(17-22(24)28)25(32)30-27(35)31(2)23-13-9-8-12-21(23)26(33)29-18-19-10-6-5-7-11-19/h5-15,17H,3-4,16,18H2,1-2H3,(H,29,33)(H,30,32,35). The zero-order valence-electron chi connectivity index (χ0n) is 19.7. The van der Waals surface area contributed by atoms with Crippen LogP contribution in [-0.4, -0.2) is 30.6 Å². The van der Waals surface area contributed by atoms with Gasteiger partial charge in [-0.05, 0) is 70.5 Å². The number of hydrogen-bond donors (Lipinski definition) is 2. The Balaban J connectivity index is 1.66. The molecule has 0 aromatic heterocycles. The van der Waals surface area contributed by atoms with Crippen LogP contribution in [0.4, 0.5) is 5.69 Å². The van der Waals surface area contributed by atoms with E-state index in [-0.39, 0.29) is 16.9 Å². The highest BCUT2D eigenvalue weighted by atomic mass is 79.9. The Morgan fingerprint density at radius 1 is 1.00 bits per heavy atom. The number of nitrogens with zero attached hydrogens (tertiary/aromatic N) is 1. The van der Waals surface area contributed by atoms with Gasteiger partial charge < -0.3 is 15.0 Å². The van der Waals surface area contributed by atoms with E-state index in [1.165, 1.54) is 0 Å². The lowest BCUT2D eigenvalue weighted by molar-refractivity contribution is 0.0949. The summed E-state index contributed by atoms with van der Waals surface area (Å²) in [6.45, 7) is 3.13. The average molecular weight is 555 g/mol. The quantitative estimate of drug-likeness (QED) is 0.262. The molecule has 3 aromatic rings. The highest BCUT2D eigenvalue weighted by Crippen LogP contribution is 2.26. The van der Waals surface area contributed by atoms with Gasteiger partial charge >= 0.3 is 0 Å². The van der Waals surface area contributed by atoms with Gasteiger partial charge in [0.15, 0.2) is 5.11 Å². The van der Waals surface area contributed by atoms with Gasteiger partial charge in [-0.15, -0.1) is 0 Å². The first-order valence-electron chi connectivity index (χ1n) is 11.3. The Morgan fingerprint density at radius 2 is 1.71 bits per heavy atom. The van der Waals surface area contributed by atoms with Crippen LogP contribution in [0.25, 0.3) is 0 Å². The number of rotatable bonds is 9. The number of thiocarbonyl (C=S) groups is 1. The van der Waals surface area contributed by atoms with Crippen LogP contribution in [0.5, 0.6) is 5.75 Å². The lowest BCUT2D eigenvalue weighted by Gasteiger charge is -2.23. The third kappa shape index (κ3) is 7.37. The first-order valence-corrected chi connectivity index (χ1v) is 12.5. The summed E-state index contributed by atoms with van der Waals surface area (Å²) >= 11 is 8.94. The van der Waals surface area contributed by atoms with Crippen molar-refractivity contribution in [3.63, 3.8) is 0 Å². The normalized spacial score (nSPS) is 10.4. The largest absolute Gasteiger partial charge is 0.492 e. The zero-order valence-corrected chi connectivity index (χ0v) is 22.1. The lowest BCUT2D eigenvalue weighted by Crippen LogP contribution is -2.41. The fraction of sp³-hybridized carbons (Fsp3) is 0.222. The lowest BCUT2D eigenvalue weighted by atomic mass is 10.1. The first kappa shape index (κ1) is 26.4. The van der Waals surface area contributed by atoms with Gasteiger partial charge in [0.1, 0.15) is 5.75 Å². The van der Waals surface area contributed by atoms with Crippen LogP contribution in [0, 0.1) is 0 Å². The number of anilines is 1. The molecule has 0 heterocycles. The maximum Gasteiger partial charge on any atom is 0.257 e. The molecule has 6 nitrogen and oxygen atoms in total. The number of benzene rings is 3. The second-order valence-electron chi connectivity index (χ2n) is 7.85. The van der Waals surface area contributed by atoms with Crippen molar-refractivity contribution < 1.29 is 14.3 Å². The number of amides is 2. The number of nitrogens with one attached hydrogen (secondary N) is 2.